The normalized spacial score (nSPS) is 13.4. The SMILES string of the molecule is NC(CCC(F)(F)F)Cc1nc(-c2ccccc2)cs1. The average Bonchev–Trinajstić information content (AvgIpc) is 2.85. The van der Waals surface area contributed by atoms with Gasteiger partial charge in [0, 0.05) is 29.8 Å². The molecule has 1 heterocycles. The largest absolute Gasteiger partial charge is 0.389 e. The van der Waals surface area contributed by atoms with Crippen LogP contribution in [0.2, 0.25) is 0 Å². The van der Waals surface area contributed by atoms with E-state index >= 15 is 0 Å². The second-order valence-corrected chi connectivity index (χ2v) is 5.55. The second kappa shape index (κ2) is 6.37. The summed E-state index contributed by atoms with van der Waals surface area (Å²) in [6, 6.07) is 9.15. The Morgan fingerprint density at radius 3 is 2.55 bits per heavy atom. The molecule has 0 amide bonds. The van der Waals surface area contributed by atoms with Crippen LogP contribution < -0.4 is 5.73 Å². The summed E-state index contributed by atoms with van der Waals surface area (Å²) >= 11 is 1.43. The Balaban J connectivity index is 1.93. The van der Waals surface area contributed by atoms with Crippen molar-refractivity contribution >= 4 is 11.3 Å². The van der Waals surface area contributed by atoms with Crippen molar-refractivity contribution in [2.24, 2.45) is 5.73 Å². The van der Waals surface area contributed by atoms with Crippen LogP contribution in [0.5, 0.6) is 0 Å². The van der Waals surface area contributed by atoms with Crippen molar-refractivity contribution in [2.75, 3.05) is 0 Å². The van der Waals surface area contributed by atoms with Gasteiger partial charge in [0.05, 0.1) is 10.7 Å². The molecule has 1 unspecified atom stereocenters. The Bertz CT molecular complexity index is 537. The molecule has 0 saturated heterocycles. The summed E-state index contributed by atoms with van der Waals surface area (Å²) < 4.78 is 36.3. The fraction of sp³-hybridized carbons (Fsp3) is 0.357. The fourth-order valence-electron chi connectivity index (χ4n) is 1.82. The van der Waals surface area contributed by atoms with E-state index in [4.69, 9.17) is 5.73 Å². The van der Waals surface area contributed by atoms with E-state index in [9.17, 15) is 13.2 Å². The number of nitrogens with zero attached hydrogens (tertiary/aromatic N) is 1. The average molecular weight is 300 g/mol. The molecule has 0 bridgehead atoms. The summed E-state index contributed by atoms with van der Waals surface area (Å²) in [5.74, 6) is 0. The third-order valence-corrected chi connectivity index (χ3v) is 3.73. The number of halogens is 3. The van der Waals surface area contributed by atoms with Crippen molar-refractivity contribution in [2.45, 2.75) is 31.5 Å². The maximum atomic E-state index is 12.1. The molecule has 6 heteroatoms. The first-order valence-corrected chi connectivity index (χ1v) is 7.14. The highest BCUT2D eigenvalue weighted by atomic mass is 32.1. The zero-order valence-electron chi connectivity index (χ0n) is 10.7. The molecule has 2 aromatic rings. The number of rotatable bonds is 5. The van der Waals surface area contributed by atoms with E-state index in [1.807, 2.05) is 35.7 Å². The molecule has 0 spiro atoms. The van der Waals surface area contributed by atoms with Gasteiger partial charge in [-0.3, -0.25) is 0 Å². The number of nitrogens with two attached hydrogens (primary N) is 1. The molecule has 1 aromatic heterocycles. The number of benzene rings is 1. The second-order valence-electron chi connectivity index (χ2n) is 4.61. The maximum absolute atomic E-state index is 12.1. The van der Waals surface area contributed by atoms with Crippen molar-refractivity contribution in [3.05, 3.63) is 40.7 Å². The fourth-order valence-corrected chi connectivity index (χ4v) is 2.72. The van der Waals surface area contributed by atoms with Gasteiger partial charge in [0.25, 0.3) is 0 Å². The molecule has 2 N–H and O–H groups in total. The Labute approximate surface area is 119 Å². The molecular formula is C14H15F3N2S. The van der Waals surface area contributed by atoms with Gasteiger partial charge in [0.1, 0.15) is 0 Å². The number of thiazole rings is 1. The monoisotopic (exact) mass is 300 g/mol. The Morgan fingerprint density at radius 2 is 1.90 bits per heavy atom. The van der Waals surface area contributed by atoms with Gasteiger partial charge in [-0.2, -0.15) is 13.2 Å². The topological polar surface area (TPSA) is 38.9 Å². The standard InChI is InChI=1S/C14H15F3N2S/c15-14(16,17)7-6-11(18)8-13-19-12(9-20-13)10-4-2-1-3-5-10/h1-5,9,11H,6-8,18H2. The summed E-state index contributed by atoms with van der Waals surface area (Å²) in [6.07, 6.45) is -4.67. The minimum absolute atomic E-state index is 0.0657. The molecular weight excluding hydrogens is 285 g/mol. The highest BCUT2D eigenvalue weighted by molar-refractivity contribution is 7.09. The highest BCUT2D eigenvalue weighted by Crippen LogP contribution is 2.25. The molecule has 0 aliphatic heterocycles. The van der Waals surface area contributed by atoms with Gasteiger partial charge in [-0.1, -0.05) is 30.3 Å². The summed E-state index contributed by atoms with van der Waals surface area (Å²) in [4.78, 5) is 4.42. The summed E-state index contributed by atoms with van der Waals surface area (Å²) in [5.41, 5.74) is 7.57. The highest BCUT2D eigenvalue weighted by Gasteiger charge is 2.27. The van der Waals surface area contributed by atoms with E-state index in [0.29, 0.717) is 6.42 Å². The van der Waals surface area contributed by atoms with Crippen LogP contribution in [0.4, 0.5) is 13.2 Å². The Hall–Kier alpha value is -1.40. The van der Waals surface area contributed by atoms with Crippen molar-refractivity contribution in [3.63, 3.8) is 0 Å². The maximum Gasteiger partial charge on any atom is 0.389 e. The van der Waals surface area contributed by atoms with Crippen molar-refractivity contribution in [1.29, 1.82) is 0 Å². The first-order valence-electron chi connectivity index (χ1n) is 6.26. The Morgan fingerprint density at radius 1 is 1.20 bits per heavy atom. The minimum atomic E-state index is -4.14. The van der Waals surface area contributed by atoms with Crippen molar-refractivity contribution < 1.29 is 13.2 Å². The number of hydrogen-bond donors (Lipinski definition) is 1. The van der Waals surface area contributed by atoms with Gasteiger partial charge >= 0.3 is 6.18 Å². The molecule has 0 radical (unpaired) electrons. The lowest BCUT2D eigenvalue weighted by molar-refractivity contribution is -0.136. The van der Waals surface area contributed by atoms with E-state index in [1.165, 1.54) is 11.3 Å². The third kappa shape index (κ3) is 4.61. The van der Waals surface area contributed by atoms with Crippen LogP contribution in [0.3, 0.4) is 0 Å². The van der Waals surface area contributed by atoms with Crippen LogP contribution >= 0.6 is 11.3 Å². The third-order valence-electron chi connectivity index (χ3n) is 2.86. The molecule has 1 aromatic carbocycles. The van der Waals surface area contributed by atoms with Gasteiger partial charge < -0.3 is 5.73 Å². The summed E-state index contributed by atoms with van der Waals surface area (Å²) in [5, 5.41) is 2.68. The van der Waals surface area contributed by atoms with Gasteiger partial charge in [0.2, 0.25) is 0 Å². The molecule has 108 valence electrons. The molecule has 0 aliphatic carbocycles. The molecule has 0 aliphatic rings. The number of alkyl halides is 3. The lowest BCUT2D eigenvalue weighted by Crippen LogP contribution is -2.25. The predicted molar refractivity (Wildman–Crippen MR) is 74.5 cm³/mol. The molecule has 2 rings (SSSR count). The minimum Gasteiger partial charge on any atom is -0.327 e. The van der Waals surface area contributed by atoms with Crippen LogP contribution in [-0.2, 0) is 6.42 Å². The van der Waals surface area contributed by atoms with E-state index in [0.717, 1.165) is 16.3 Å². The van der Waals surface area contributed by atoms with Crippen LogP contribution in [0.1, 0.15) is 17.8 Å². The zero-order valence-corrected chi connectivity index (χ0v) is 11.5. The summed E-state index contributed by atoms with van der Waals surface area (Å²) in [7, 11) is 0. The van der Waals surface area contributed by atoms with E-state index < -0.39 is 18.6 Å². The van der Waals surface area contributed by atoms with E-state index in [1.54, 1.807) is 0 Å². The van der Waals surface area contributed by atoms with Gasteiger partial charge in [-0.25, -0.2) is 4.98 Å². The van der Waals surface area contributed by atoms with E-state index in [2.05, 4.69) is 4.98 Å². The first kappa shape index (κ1) is 15.0. The van der Waals surface area contributed by atoms with Crippen molar-refractivity contribution in [1.82, 2.24) is 4.98 Å². The molecule has 0 fully saturated rings. The number of aromatic nitrogens is 1. The smallest absolute Gasteiger partial charge is 0.327 e. The van der Waals surface area contributed by atoms with Gasteiger partial charge in [0.15, 0.2) is 0 Å². The summed E-state index contributed by atoms with van der Waals surface area (Å²) in [6.45, 7) is 0. The van der Waals surface area contributed by atoms with Crippen LogP contribution in [0.25, 0.3) is 11.3 Å². The zero-order chi connectivity index (χ0) is 14.6. The Kier molecular flexibility index (Phi) is 4.77. The van der Waals surface area contributed by atoms with Gasteiger partial charge in [-0.05, 0) is 6.42 Å². The molecule has 20 heavy (non-hydrogen) atoms. The van der Waals surface area contributed by atoms with E-state index in [-0.39, 0.29) is 6.42 Å². The quantitative estimate of drug-likeness (QED) is 0.905. The van der Waals surface area contributed by atoms with Crippen molar-refractivity contribution in [3.8, 4) is 11.3 Å². The lowest BCUT2D eigenvalue weighted by atomic mass is 10.1. The van der Waals surface area contributed by atoms with Crippen LogP contribution in [0.15, 0.2) is 35.7 Å². The first-order chi connectivity index (χ1) is 9.44. The number of hydrogen-bond acceptors (Lipinski definition) is 3. The molecule has 1 atom stereocenters. The van der Waals surface area contributed by atoms with Crippen LogP contribution in [-0.4, -0.2) is 17.2 Å². The van der Waals surface area contributed by atoms with Crippen LogP contribution in [0, 0.1) is 0 Å². The van der Waals surface area contributed by atoms with Gasteiger partial charge in [-0.15, -0.1) is 11.3 Å². The molecule has 2 nitrogen and oxygen atoms in total. The predicted octanol–water partition coefficient (Wildman–Crippen LogP) is 4.02. The lowest BCUT2D eigenvalue weighted by Gasteiger charge is -2.11. The molecule has 0 saturated carbocycles.